The number of methoxy groups -OCH3 is 3. The summed E-state index contributed by atoms with van der Waals surface area (Å²) in [6.07, 6.45) is 1.54. The standard InChI is InChI=1S/C22H25FN4O3/c1-28-19-7-4-15(20(29-2)21(19)30-3)13-26-8-10-27(11-9-26)22-17-12-16(23)5-6-18(17)24-14-25-22/h4-7,12,14H,8-11,13H2,1-3H3. The molecule has 0 amide bonds. The van der Waals surface area contributed by atoms with Gasteiger partial charge in [-0.05, 0) is 24.3 Å². The quantitative estimate of drug-likeness (QED) is 0.617. The highest BCUT2D eigenvalue weighted by molar-refractivity contribution is 5.89. The first kappa shape index (κ1) is 20.2. The van der Waals surface area contributed by atoms with Crippen LogP contribution < -0.4 is 19.1 Å². The first-order valence-corrected chi connectivity index (χ1v) is 9.80. The maximum absolute atomic E-state index is 13.8. The molecule has 2 heterocycles. The van der Waals surface area contributed by atoms with E-state index in [1.54, 1.807) is 27.4 Å². The lowest BCUT2D eigenvalue weighted by molar-refractivity contribution is 0.243. The van der Waals surface area contributed by atoms with Crippen molar-refractivity contribution in [3.8, 4) is 17.2 Å². The first-order valence-electron chi connectivity index (χ1n) is 9.80. The topological polar surface area (TPSA) is 60.0 Å². The molecule has 0 N–H and O–H groups in total. The maximum atomic E-state index is 13.8. The number of ether oxygens (including phenoxy) is 3. The van der Waals surface area contributed by atoms with E-state index in [0.717, 1.165) is 55.0 Å². The minimum absolute atomic E-state index is 0.280. The summed E-state index contributed by atoms with van der Waals surface area (Å²) in [7, 11) is 4.86. The molecule has 1 aliphatic heterocycles. The Morgan fingerprint density at radius 3 is 2.37 bits per heavy atom. The zero-order valence-corrected chi connectivity index (χ0v) is 17.4. The summed E-state index contributed by atoms with van der Waals surface area (Å²) >= 11 is 0. The van der Waals surface area contributed by atoms with Crippen LogP contribution in [0.4, 0.5) is 10.2 Å². The fraction of sp³-hybridized carbons (Fsp3) is 0.364. The average molecular weight is 412 g/mol. The Morgan fingerprint density at radius 2 is 1.67 bits per heavy atom. The number of piperazine rings is 1. The van der Waals surface area contributed by atoms with Gasteiger partial charge in [-0.3, -0.25) is 4.90 Å². The summed E-state index contributed by atoms with van der Waals surface area (Å²) in [4.78, 5) is 13.2. The molecule has 8 heteroatoms. The Hall–Kier alpha value is -3.13. The van der Waals surface area contributed by atoms with E-state index < -0.39 is 0 Å². The Morgan fingerprint density at radius 1 is 0.900 bits per heavy atom. The number of aromatic nitrogens is 2. The van der Waals surface area contributed by atoms with E-state index in [1.807, 2.05) is 12.1 Å². The van der Waals surface area contributed by atoms with Gasteiger partial charge in [0.05, 0.1) is 26.8 Å². The molecular formula is C22H25FN4O3. The molecular weight excluding hydrogens is 387 g/mol. The van der Waals surface area contributed by atoms with Gasteiger partial charge in [0.2, 0.25) is 5.75 Å². The zero-order valence-electron chi connectivity index (χ0n) is 17.4. The van der Waals surface area contributed by atoms with Crippen molar-refractivity contribution in [3.63, 3.8) is 0 Å². The van der Waals surface area contributed by atoms with Gasteiger partial charge in [0.25, 0.3) is 0 Å². The van der Waals surface area contributed by atoms with Crippen molar-refractivity contribution in [2.75, 3.05) is 52.4 Å². The molecule has 0 unspecified atom stereocenters. The van der Waals surface area contributed by atoms with E-state index in [1.165, 1.54) is 18.5 Å². The number of benzene rings is 2. The number of anilines is 1. The smallest absolute Gasteiger partial charge is 0.203 e. The molecule has 3 aromatic rings. The minimum atomic E-state index is -0.280. The summed E-state index contributed by atoms with van der Waals surface area (Å²) in [5, 5.41) is 0.743. The van der Waals surface area contributed by atoms with Crippen molar-refractivity contribution in [2.24, 2.45) is 0 Å². The second-order valence-corrected chi connectivity index (χ2v) is 7.12. The number of fused-ring (bicyclic) bond motifs is 1. The number of halogens is 1. The van der Waals surface area contributed by atoms with Crippen molar-refractivity contribution in [1.29, 1.82) is 0 Å². The average Bonchev–Trinajstić information content (AvgIpc) is 2.78. The number of hydrogen-bond donors (Lipinski definition) is 0. The Kier molecular flexibility index (Phi) is 5.85. The van der Waals surface area contributed by atoms with Gasteiger partial charge in [-0.15, -0.1) is 0 Å². The van der Waals surface area contributed by atoms with E-state index in [9.17, 15) is 4.39 Å². The van der Waals surface area contributed by atoms with Crippen LogP contribution in [-0.2, 0) is 6.54 Å². The lowest BCUT2D eigenvalue weighted by Crippen LogP contribution is -2.46. The number of hydrogen-bond acceptors (Lipinski definition) is 7. The third-order valence-corrected chi connectivity index (χ3v) is 5.43. The fourth-order valence-electron chi connectivity index (χ4n) is 3.91. The monoisotopic (exact) mass is 412 g/mol. The molecule has 7 nitrogen and oxygen atoms in total. The lowest BCUT2D eigenvalue weighted by Gasteiger charge is -2.36. The van der Waals surface area contributed by atoms with Crippen molar-refractivity contribution in [2.45, 2.75) is 6.54 Å². The van der Waals surface area contributed by atoms with Crippen LogP contribution in [0.2, 0.25) is 0 Å². The highest BCUT2D eigenvalue weighted by Gasteiger charge is 2.23. The van der Waals surface area contributed by atoms with E-state index in [4.69, 9.17) is 14.2 Å². The lowest BCUT2D eigenvalue weighted by atomic mass is 10.1. The summed E-state index contributed by atoms with van der Waals surface area (Å²) in [6, 6.07) is 8.52. The summed E-state index contributed by atoms with van der Waals surface area (Å²) < 4.78 is 30.2. The second-order valence-electron chi connectivity index (χ2n) is 7.12. The SMILES string of the molecule is COc1ccc(CN2CCN(c3ncnc4ccc(F)cc34)CC2)c(OC)c1OC. The minimum Gasteiger partial charge on any atom is -0.493 e. The Bertz CT molecular complexity index is 1040. The zero-order chi connectivity index (χ0) is 21.1. The van der Waals surface area contributed by atoms with Gasteiger partial charge in [0.15, 0.2) is 11.5 Å². The third kappa shape index (κ3) is 3.82. The van der Waals surface area contributed by atoms with Crippen LogP contribution in [0.3, 0.4) is 0 Å². The molecule has 1 fully saturated rings. The summed E-state index contributed by atoms with van der Waals surface area (Å²) in [6.45, 7) is 4.00. The molecule has 1 saturated heterocycles. The second kappa shape index (κ2) is 8.71. The van der Waals surface area contributed by atoms with E-state index in [0.29, 0.717) is 17.2 Å². The molecule has 158 valence electrons. The molecule has 0 aliphatic carbocycles. The van der Waals surface area contributed by atoms with Crippen LogP contribution in [0.15, 0.2) is 36.7 Å². The summed E-state index contributed by atoms with van der Waals surface area (Å²) in [5.41, 5.74) is 1.79. The van der Waals surface area contributed by atoms with Crippen molar-refractivity contribution >= 4 is 16.7 Å². The summed E-state index contributed by atoms with van der Waals surface area (Å²) in [5.74, 6) is 2.44. The molecule has 4 rings (SSSR count). The van der Waals surface area contributed by atoms with Crippen LogP contribution in [0.1, 0.15) is 5.56 Å². The van der Waals surface area contributed by atoms with Crippen LogP contribution in [-0.4, -0.2) is 62.4 Å². The van der Waals surface area contributed by atoms with Gasteiger partial charge >= 0.3 is 0 Å². The normalized spacial score (nSPS) is 14.7. The highest BCUT2D eigenvalue weighted by Crippen LogP contribution is 2.40. The van der Waals surface area contributed by atoms with E-state index in [-0.39, 0.29) is 5.82 Å². The van der Waals surface area contributed by atoms with Crippen molar-refractivity contribution in [3.05, 3.63) is 48.0 Å². The van der Waals surface area contributed by atoms with Gasteiger partial charge in [0.1, 0.15) is 18.0 Å². The third-order valence-electron chi connectivity index (χ3n) is 5.43. The van der Waals surface area contributed by atoms with E-state index in [2.05, 4.69) is 19.8 Å². The van der Waals surface area contributed by atoms with Crippen molar-refractivity contribution in [1.82, 2.24) is 14.9 Å². The van der Waals surface area contributed by atoms with Crippen LogP contribution in [0.5, 0.6) is 17.2 Å². The molecule has 2 aromatic carbocycles. The predicted molar refractivity (Wildman–Crippen MR) is 113 cm³/mol. The first-order chi connectivity index (χ1) is 14.6. The van der Waals surface area contributed by atoms with Gasteiger partial charge in [-0.1, -0.05) is 6.07 Å². The molecule has 1 aromatic heterocycles. The van der Waals surface area contributed by atoms with Gasteiger partial charge in [-0.25, -0.2) is 14.4 Å². The molecule has 0 spiro atoms. The molecule has 0 saturated carbocycles. The van der Waals surface area contributed by atoms with Crippen LogP contribution in [0.25, 0.3) is 10.9 Å². The molecule has 0 atom stereocenters. The van der Waals surface area contributed by atoms with Gasteiger partial charge in [0, 0.05) is 43.7 Å². The Labute approximate surface area is 175 Å². The Balaban J connectivity index is 1.49. The predicted octanol–water partition coefficient (Wildman–Crippen LogP) is 3.12. The van der Waals surface area contributed by atoms with Crippen LogP contribution >= 0.6 is 0 Å². The van der Waals surface area contributed by atoms with Crippen LogP contribution in [0, 0.1) is 5.82 Å². The number of nitrogens with zero attached hydrogens (tertiary/aromatic N) is 4. The highest BCUT2D eigenvalue weighted by atomic mass is 19.1. The molecule has 30 heavy (non-hydrogen) atoms. The maximum Gasteiger partial charge on any atom is 0.203 e. The largest absolute Gasteiger partial charge is 0.493 e. The molecule has 1 aliphatic rings. The van der Waals surface area contributed by atoms with Crippen molar-refractivity contribution < 1.29 is 18.6 Å². The van der Waals surface area contributed by atoms with Gasteiger partial charge in [-0.2, -0.15) is 0 Å². The fourth-order valence-corrected chi connectivity index (χ4v) is 3.91. The molecule has 0 radical (unpaired) electrons. The molecule has 0 bridgehead atoms. The van der Waals surface area contributed by atoms with Gasteiger partial charge < -0.3 is 19.1 Å². The van der Waals surface area contributed by atoms with E-state index >= 15 is 0 Å². The number of rotatable bonds is 6.